The number of amides is 2. The molecule has 2 aromatic carbocycles. The van der Waals surface area contributed by atoms with E-state index < -0.39 is 11.8 Å². The Labute approximate surface area is 191 Å². The van der Waals surface area contributed by atoms with Crippen LogP contribution in [-0.4, -0.2) is 16.9 Å². The van der Waals surface area contributed by atoms with Gasteiger partial charge in [-0.25, -0.2) is 0 Å². The van der Waals surface area contributed by atoms with E-state index in [1.807, 2.05) is 49.4 Å². The molecule has 1 aliphatic rings. The number of thiocarbonyl (C=S) groups is 1. The van der Waals surface area contributed by atoms with E-state index in [-0.39, 0.29) is 10.7 Å². The number of carbonyl (C=O) groups excluding carboxylic acids is 2. The molecule has 1 aliphatic heterocycles. The molecule has 3 aromatic rings. The van der Waals surface area contributed by atoms with E-state index in [1.165, 1.54) is 22.7 Å². The molecule has 8 heteroatoms. The monoisotopic (exact) mass is 498 g/mol. The maximum absolute atomic E-state index is 13.1. The molecule has 0 aliphatic carbocycles. The number of benzene rings is 2. The zero-order valence-corrected chi connectivity index (χ0v) is 18.9. The summed E-state index contributed by atoms with van der Waals surface area (Å²) in [5, 5.41) is 3.25. The molecule has 2 amide bonds. The van der Waals surface area contributed by atoms with E-state index in [9.17, 15) is 9.59 Å². The summed E-state index contributed by atoms with van der Waals surface area (Å²) in [7, 11) is 0. The van der Waals surface area contributed by atoms with Gasteiger partial charge in [0, 0.05) is 4.90 Å². The number of hydrogen-bond acceptors (Lipinski definition) is 5. The number of nitrogens with one attached hydrogen (secondary N) is 1. The summed E-state index contributed by atoms with van der Waals surface area (Å²) in [4.78, 5) is 27.8. The van der Waals surface area contributed by atoms with Gasteiger partial charge >= 0.3 is 0 Å². The van der Waals surface area contributed by atoms with E-state index >= 15 is 0 Å². The minimum atomic E-state index is -0.557. The van der Waals surface area contributed by atoms with Crippen LogP contribution < -0.4 is 10.2 Å². The number of nitrogens with zero attached hydrogens (tertiary/aromatic N) is 1. The molecule has 1 aromatic heterocycles. The number of furan rings is 1. The predicted molar refractivity (Wildman–Crippen MR) is 124 cm³/mol. The highest BCUT2D eigenvalue weighted by Gasteiger charge is 2.34. The first kappa shape index (κ1) is 20.6. The summed E-state index contributed by atoms with van der Waals surface area (Å²) < 4.78 is 6.59. The number of anilines is 1. The molecule has 30 heavy (non-hydrogen) atoms. The minimum Gasteiger partial charge on any atom is -0.449 e. The summed E-state index contributed by atoms with van der Waals surface area (Å²) in [5.74, 6) is -0.675. The smallest absolute Gasteiger partial charge is 0.270 e. The maximum atomic E-state index is 13.1. The largest absolute Gasteiger partial charge is 0.449 e. The summed E-state index contributed by atoms with van der Waals surface area (Å²) in [6.45, 7) is 1.95. The molecule has 0 unspecified atom stereocenters. The Kier molecular flexibility index (Phi) is 5.90. The van der Waals surface area contributed by atoms with Gasteiger partial charge in [0.05, 0.1) is 10.2 Å². The van der Waals surface area contributed by atoms with Crippen LogP contribution in [0.2, 0.25) is 0 Å². The van der Waals surface area contributed by atoms with Crippen LogP contribution in [0.5, 0.6) is 0 Å². The van der Waals surface area contributed by atoms with Crippen LogP contribution >= 0.6 is 39.9 Å². The van der Waals surface area contributed by atoms with Crippen LogP contribution in [0.25, 0.3) is 6.08 Å². The zero-order valence-electron chi connectivity index (χ0n) is 15.7. The molecular weight excluding hydrogens is 484 g/mol. The van der Waals surface area contributed by atoms with Crippen molar-refractivity contribution in [3.63, 3.8) is 0 Å². The van der Waals surface area contributed by atoms with Crippen LogP contribution in [0.3, 0.4) is 0 Å². The van der Waals surface area contributed by atoms with Gasteiger partial charge in [0.2, 0.25) is 0 Å². The van der Waals surface area contributed by atoms with E-state index in [0.29, 0.717) is 16.5 Å². The Morgan fingerprint density at radius 2 is 1.80 bits per heavy atom. The third-order valence-electron chi connectivity index (χ3n) is 4.31. The van der Waals surface area contributed by atoms with E-state index in [2.05, 4.69) is 21.2 Å². The van der Waals surface area contributed by atoms with Gasteiger partial charge in [-0.1, -0.05) is 47.7 Å². The fourth-order valence-electron chi connectivity index (χ4n) is 2.83. The molecule has 1 saturated heterocycles. The third-order valence-corrected chi connectivity index (χ3v) is 6.44. The summed E-state index contributed by atoms with van der Waals surface area (Å²) >= 11 is 10.1. The number of aryl methyl sites for hydroxylation is 1. The SMILES string of the molecule is Cc1ccc(N2C(=O)/C(=C/c3cc(Br)c(Sc4ccccc4)o3)C(=O)NC2=S)cc1. The lowest BCUT2D eigenvalue weighted by Crippen LogP contribution is -2.54. The zero-order chi connectivity index (χ0) is 21.3. The summed E-state index contributed by atoms with van der Waals surface area (Å²) in [6, 6.07) is 18.8. The van der Waals surface area contributed by atoms with Crippen molar-refractivity contribution in [3.05, 3.63) is 82.0 Å². The average Bonchev–Trinajstić information content (AvgIpc) is 3.06. The van der Waals surface area contributed by atoms with Gasteiger partial charge < -0.3 is 4.42 Å². The highest BCUT2D eigenvalue weighted by Crippen LogP contribution is 2.36. The number of halogens is 1. The van der Waals surface area contributed by atoms with Crippen LogP contribution in [0.1, 0.15) is 11.3 Å². The van der Waals surface area contributed by atoms with Crippen LogP contribution in [0, 0.1) is 6.92 Å². The number of hydrogen-bond donors (Lipinski definition) is 1. The molecule has 0 spiro atoms. The molecule has 0 bridgehead atoms. The second-order valence-electron chi connectivity index (χ2n) is 6.49. The van der Waals surface area contributed by atoms with E-state index in [4.69, 9.17) is 16.6 Å². The van der Waals surface area contributed by atoms with E-state index in [1.54, 1.807) is 18.2 Å². The van der Waals surface area contributed by atoms with Gasteiger partial charge in [-0.05, 0) is 71.5 Å². The maximum Gasteiger partial charge on any atom is 0.270 e. The van der Waals surface area contributed by atoms with Gasteiger partial charge in [-0.15, -0.1) is 0 Å². The summed E-state index contributed by atoms with van der Waals surface area (Å²) in [6.07, 6.45) is 1.43. The molecule has 2 heterocycles. The fraction of sp³-hybridized carbons (Fsp3) is 0.0455. The Hall–Kier alpha value is -2.68. The predicted octanol–water partition coefficient (Wildman–Crippen LogP) is 5.33. The fourth-order valence-corrected chi connectivity index (χ4v) is 4.47. The standard InChI is InChI=1S/C22H15BrN2O3S2/c1-13-7-9-14(10-8-13)25-20(27)17(19(26)24-22(25)29)11-15-12-18(23)21(28-15)30-16-5-3-2-4-6-16/h2-12H,1H3,(H,24,26,29)/b17-11+. The lowest BCUT2D eigenvalue weighted by atomic mass is 10.1. The molecular formula is C22H15BrN2O3S2. The third kappa shape index (κ3) is 4.26. The Morgan fingerprint density at radius 1 is 1.10 bits per heavy atom. The number of rotatable bonds is 4. The molecule has 4 rings (SSSR count). The van der Waals surface area contributed by atoms with Gasteiger partial charge in [0.15, 0.2) is 10.2 Å². The normalized spacial score (nSPS) is 15.6. The molecule has 1 fully saturated rings. The number of carbonyl (C=O) groups is 2. The van der Waals surface area contributed by atoms with Gasteiger partial charge in [-0.3, -0.25) is 19.8 Å². The molecule has 0 atom stereocenters. The Balaban J connectivity index is 1.64. The van der Waals surface area contributed by atoms with E-state index in [0.717, 1.165) is 14.9 Å². The molecule has 150 valence electrons. The minimum absolute atomic E-state index is 0.0481. The van der Waals surface area contributed by atoms with Crippen molar-refractivity contribution in [2.24, 2.45) is 0 Å². The topological polar surface area (TPSA) is 62.6 Å². The molecule has 5 nitrogen and oxygen atoms in total. The van der Waals surface area contributed by atoms with Gasteiger partial charge in [-0.2, -0.15) is 0 Å². The van der Waals surface area contributed by atoms with Crippen molar-refractivity contribution < 1.29 is 14.0 Å². The van der Waals surface area contributed by atoms with Crippen molar-refractivity contribution in [1.82, 2.24) is 5.32 Å². The first-order valence-corrected chi connectivity index (χ1v) is 10.9. The lowest BCUT2D eigenvalue weighted by molar-refractivity contribution is -0.122. The molecule has 0 radical (unpaired) electrons. The second kappa shape index (κ2) is 8.59. The lowest BCUT2D eigenvalue weighted by Gasteiger charge is -2.28. The first-order valence-electron chi connectivity index (χ1n) is 8.93. The highest BCUT2D eigenvalue weighted by atomic mass is 79.9. The highest BCUT2D eigenvalue weighted by molar-refractivity contribution is 9.10. The Bertz CT molecular complexity index is 1170. The van der Waals surface area contributed by atoms with Crippen molar-refractivity contribution in [3.8, 4) is 0 Å². The van der Waals surface area contributed by atoms with Crippen molar-refractivity contribution >= 4 is 68.6 Å². The first-order chi connectivity index (χ1) is 14.4. The molecule has 0 saturated carbocycles. The van der Waals surface area contributed by atoms with Crippen molar-refractivity contribution in [2.45, 2.75) is 16.9 Å². The van der Waals surface area contributed by atoms with Crippen LogP contribution in [-0.2, 0) is 9.59 Å². The van der Waals surface area contributed by atoms with Gasteiger partial charge in [0.1, 0.15) is 11.3 Å². The molecule has 1 N–H and O–H groups in total. The van der Waals surface area contributed by atoms with Crippen LogP contribution in [0.15, 0.2) is 85.1 Å². The van der Waals surface area contributed by atoms with Crippen molar-refractivity contribution in [2.75, 3.05) is 4.90 Å². The Morgan fingerprint density at radius 3 is 2.50 bits per heavy atom. The summed E-state index contributed by atoms with van der Waals surface area (Å²) in [5.41, 5.74) is 1.59. The average molecular weight is 499 g/mol. The van der Waals surface area contributed by atoms with Crippen molar-refractivity contribution in [1.29, 1.82) is 0 Å². The van der Waals surface area contributed by atoms with Crippen LogP contribution in [0.4, 0.5) is 5.69 Å². The van der Waals surface area contributed by atoms with Gasteiger partial charge in [0.25, 0.3) is 11.8 Å². The quantitative estimate of drug-likeness (QED) is 0.299. The second-order valence-corrected chi connectivity index (χ2v) is 8.78.